The molecule has 0 saturated heterocycles. The minimum absolute atomic E-state index is 0.0526. The van der Waals surface area contributed by atoms with Gasteiger partial charge >= 0.3 is 5.97 Å². The van der Waals surface area contributed by atoms with E-state index in [-0.39, 0.29) is 23.5 Å². The van der Waals surface area contributed by atoms with Crippen molar-refractivity contribution < 1.29 is 20.1 Å². The third kappa shape index (κ3) is 1.54. The number of benzene rings is 1. The van der Waals surface area contributed by atoms with E-state index in [9.17, 15) is 4.79 Å². The van der Waals surface area contributed by atoms with E-state index < -0.39 is 5.97 Å². The number of aromatic hydroxyl groups is 1. The fraction of sp³-hybridized carbons (Fsp3) is 0.125. The number of aromatic carboxylic acids is 1. The zero-order valence-corrected chi connectivity index (χ0v) is 6.19. The number of aliphatic hydroxyl groups excluding tert-OH is 1. The van der Waals surface area contributed by atoms with E-state index in [2.05, 4.69) is 0 Å². The van der Waals surface area contributed by atoms with Crippen molar-refractivity contribution >= 4 is 5.97 Å². The highest BCUT2D eigenvalue weighted by molar-refractivity contribution is 5.88. The Kier molecular flexibility index (Phi) is 2.30. The molecule has 0 heterocycles. The molecule has 0 unspecified atom stereocenters. The fourth-order valence-corrected chi connectivity index (χ4v) is 0.845. The quantitative estimate of drug-likeness (QED) is 0.603. The highest BCUT2D eigenvalue weighted by Gasteiger charge is 2.06. The molecule has 12 heavy (non-hydrogen) atoms. The summed E-state index contributed by atoms with van der Waals surface area (Å²) in [6.45, 7) is -0.368. The maximum atomic E-state index is 10.4. The van der Waals surface area contributed by atoms with Gasteiger partial charge in [-0.1, -0.05) is 0 Å². The predicted molar refractivity (Wildman–Crippen MR) is 41.0 cm³/mol. The SMILES string of the molecule is O=C(O)c1ccc(O)c(CO)c1. The van der Waals surface area contributed by atoms with Gasteiger partial charge in [-0.2, -0.15) is 0 Å². The van der Waals surface area contributed by atoms with Crippen LogP contribution in [-0.2, 0) is 6.61 Å². The molecule has 1 aromatic rings. The molecule has 4 nitrogen and oxygen atoms in total. The van der Waals surface area contributed by atoms with Crippen LogP contribution < -0.4 is 0 Å². The second-order valence-corrected chi connectivity index (χ2v) is 2.31. The van der Waals surface area contributed by atoms with Crippen molar-refractivity contribution in [3.63, 3.8) is 0 Å². The Labute approximate surface area is 68.7 Å². The maximum Gasteiger partial charge on any atom is 0.335 e. The van der Waals surface area contributed by atoms with E-state index in [4.69, 9.17) is 15.3 Å². The Morgan fingerprint density at radius 3 is 2.58 bits per heavy atom. The minimum atomic E-state index is -1.08. The molecular weight excluding hydrogens is 160 g/mol. The lowest BCUT2D eigenvalue weighted by Gasteiger charge is -2.01. The fourth-order valence-electron chi connectivity index (χ4n) is 0.845. The smallest absolute Gasteiger partial charge is 0.335 e. The Balaban J connectivity index is 3.13. The molecule has 4 heteroatoms. The number of carboxylic acid groups (broad SMARTS) is 1. The summed E-state index contributed by atoms with van der Waals surface area (Å²) in [6, 6.07) is 3.75. The second-order valence-electron chi connectivity index (χ2n) is 2.31. The van der Waals surface area contributed by atoms with Crippen LogP contribution in [0.4, 0.5) is 0 Å². The lowest BCUT2D eigenvalue weighted by molar-refractivity contribution is 0.0696. The molecule has 0 aliphatic heterocycles. The van der Waals surface area contributed by atoms with Gasteiger partial charge < -0.3 is 15.3 Å². The normalized spacial score (nSPS) is 9.75. The largest absolute Gasteiger partial charge is 0.508 e. The molecule has 0 bridgehead atoms. The minimum Gasteiger partial charge on any atom is -0.508 e. The topological polar surface area (TPSA) is 77.8 Å². The summed E-state index contributed by atoms with van der Waals surface area (Å²) in [5.41, 5.74) is 0.270. The molecule has 1 rings (SSSR count). The number of aliphatic hydroxyl groups is 1. The van der Waals surface area contributed by atoms with E-state index in [1.54, 1.807) is 0 Å². The summed E-state index contributed by atoms with van der Waals surface area (Å²) in [5, 5.41) is 26.3. The van der Waals surface area contributed by atoms with E-state index >= 15 is 0 Å². The van der Waals surface area contributed by atoms with Gasteiger partial charge in [0.1, 0.15) is 5.75 Å². The van der Waals surface area contributed by atoms with Gasteiger partial charge in [-0.05, 0) is 18.2 Å². The average molecular weight is 168 g/mol. The molecule has 0 saturated carbocycles. The van der Waals surface area contributed by atoms with Crippen LogP contribution >= 0.6 is 0 Å². The van der Waals surface area contributed by atoms with Crippen LogP contribution in [0.5, 0.6) is 5.75 Å². The molecule has 0 aliphatic carbocycles. The number of hydrogen-bond donors (Lipinski definition) is 3. The first-order valence-electron chi connectivity index (χ1n) is 3.31. The Bertz CT molecular complexity index is 306. The molecule has 0 radical (unpaired) electrons. The van der Waals surface area contributed by atoms with Crippen molar-refractivity contribution in [1.82, 2.24) is 0 Å². The zero-order valence-electron chi connectivity index (χ0n) is 6.19. The first-order chi connectivity index (χ1) is 5.65. The van der Waals surface area contributed by atoms with Gasteiger partial charge in [0.2, 0.25) is 0 Å². The summed E-state index contributed by atoms with van der Waals surface area (Å²) in [6.07, 6.45) is 0. The molecule has 64 valence electrons. The van der Waals surface area contributed by atoms with Crippen LogP contribution in [-0.4, -0.2) is 21.3 Å². The maximum absolute atomic E-state index is 10.4. The summed E-state index contributed by atoms with van der Waals surface area (Å²) in [5.74, 6) is -1.17. The molecule has 3 N–H and O–H groups in total. The highest BCUT2D eigenvalue weighted by atomic mass is 16.4. The Morgan fingerprint density at radius 1 is 1.42 bits per heavy atom. The van der Waals surface area contributed by atoms with Crippen LogP contribution in [0.25, 0.3) is 0 Å². The van der Waals surface area contributed by atoms with Gasteiger partial charge in [0.05, 0.1) is 12.2 Å². The lowest BCUT2D eigenvalue weighted by Crippen LogP contribution is -1.97. The molecule has 0 aromatic heterocycles. The van der Waals surface area contributed by atoms with Crippen molar-refractivity contribution in [1.29, 1.82) is 0 Å². The van der Waals surface area contributed by atoms with Crippen LogP contribution in [0, 0.1) is 0 Å². The molecule has 0 spiro atoms. The summed E-state index contributed by atoms with van der Waals surface area (Å²) in [4.78, 5) is 10.4. The standard InChI is InChI=1S/C8H8O4/c9-4-6-3-5(8(11)12)1-2-7(6)10/h1-3,9-10H,4H2,(H,11,12). The average Bonchev–Trinajstić information content (AvgIpc) is 2.05. The number of carboxylic acids is 1. The second kappa shape index (κ2) is 3.23. The molecule has 0 atom stereocenters. The van der Waals surface area contributed by atoms with E-state index in [0.717, 1.165) is 0 Å². The van der Waals surface area contributed by atoms with Gasteiger partial charge in [-0.3, -0.25) is 0 Å². The summed E-state index contributed by atoms with van der Waals surface area (Å²) in [7, 11) is 0. The highest BCUT2D eigenvalue weighted by Crippen LogP contribution is 2.17. The van der Waals surface area contributed by atoms with Crippen LogP contribution in [0.1, 0.15) is 15.9 Å². The summed E-state index contributed by atoms with van der Waals surface area (Å²) >= 11 is 0. The van der Waals surface area contributed by atoms with Gasteiger partial charge in [-0.15, -0.1) is 0 Å². The first-order valence-corrected chi connectivity index (χ1v) is 3.31. The van der Waals surface area contributed by atoms with E-state index in [0.29, 0.717) is 0 Å². The van der Waals surface area contributed by atoms with Crippen molar-refractivity contribution in [3.05, 3.63) is 29.3 Å². The summed E-state index contributed by atoms with van der Waals surface area (Å²) < 4.78 is 0. The van der Waals surface area contributed by atoms with Crippen LogP contribution in [0.3, 0.4) is 0 Å². The van der Waals surface area contributed by atoms with Crippen LogP contribution in [0.2, 0.25) is 0 Å². The third-order valence-corrected chi connectivity index (χ3v) is 1.50. The predicted octanol–water partition coefficient (Wildman–Crippen LogP) is 0.583. The molecule has 0 amide bonds. The van der Waals surface area contributed by atoms with E-state index in [1.807, 2.05) is 0 Å². The van der Waals surface area contributed by atoms with Crippen molar-refractivity contribution in [2.24, 2.45) is 0 Å². The first kappa shape index (κ1) is 8.55. The van der Waals surface area contributed by atoms with Gasteiger partial charge in [0, 0.05) is 5.56 Å². The molecular formula is C8H8O4. The zero-order chi connectivity index (χ0) is 9.14. The van der Waals surface area contributed by atoms with Crippen molar-refractivity contribution in [2.45, 2.75) is 6.61 Å². The number of hydrogen-bond acceptors (Lipinski definition) is 3. The van der Waals surface area contributed by atoms with Gasteiger partial charge in [0.25, 0.3) is 0 Å². The van der Waals surface area contributed by atoms with Gasteiger partial charge in [0.15, 0.2) is 0 Å². The van der Waals surface area contributed by atoms with Crippen molar-refractivity contribution in [3.8, 4) is 5.75 Å². The number of rotatable bonds is 2. The third-order valence-electron chi connectivity index (χ3n) is 1.50. The molecule has 0 fully saturated rings. The number of carbonyl (C=O) groups is 1. The lowest BCUT2D eigenvalue weighted by atomic mass is 10.1. The Morgan fingerprint density at radius 2 is 2.08 bits per heavy atom. The monoisotopic (exact) mass is 168 g/mol. The van der Waals surface area contributed by atoms with Crippen molar-refractivity contribution in [2.75, 3.05) is 0 Å². The Hall–Kier alpha value is -1.55. The van der Waals surface area contributed by atoms with Crippen LogP contribution in [0.15, 0.2) is 18.2 Å². The molecule has 1 aromatic carbocycles. The van der Waals surface area contributed by atoms with Gasteiger partial charge in [-0.25, -0.2) is 4.79 Å². The molecule has 0 aliphatic rings. The van der Waals surface area contributed by atoms with E-state index in [1.165, 1.54) is 18.2 Å². The number of phenols is 1.